The Hall–Kier alpha value is -2.10. The van der Waals surface area contributed by atoms with Crippen molar-refractivity contribution in [1.82, 2.24) is 15.1 Å². The first-order valence-corrected chi connectivity index (χ1v) is 6.39. The lowest BCUT2D eigenvalue weighted by atomic mass is 10.1. The van der Waals surface area contributed by atoms with Crippen molar-refractivity contribution in [2.24, 2.45) is 7.05 Å². The van der Waals surface area contributed by atoms with Crippen molar-refractivity contribution in [2.75, 3.05) is 0 Å². The minimum absolute atomic E-state index is 0.0232. The number of nitrogens with one attached hydrogen (secondary N) is 1. The summed E-state index contributed by atoms with van der Waals surface area (Å²) in [6.07, 6.45) is 2.35. The molecule has 4 nitrogen and oxygen atoms in total. The molecule has 0 spiro atoms. The number of aromatic nitrogens is 2. The maximum Gasteiger partial charge on any atom is 0.224 e. The number of carbonyl (C=O) groups is 1. The topological polar surface area (TPSA) is 46.9 Å². The number of benzene rings is 1. The number of amides is 1. The highest BCUT2D eigenvalue weighted by Gasteiger charge is 2.14. The summed E-state index contributed by atoms with van der Waals surface area (Å²) in [4.78, 5) is 12.0. The Kier molecular flexibility index (Phi) is 4.00. The third-order valence-electron chi connectivity index (χ3n) is 3.10. The van der Waals surface area contributed by atoms with Crippen LogP contribution >= 0.6 is 0 Å². The van der Waals surface area contributed by atoms with Crippen LogP contribution < -0.4 is 5.32 Å². The van der Waals surface area contributed by atoms with Crippen LogP contribution in [-0.4, -0.2) is 15.7 Å². The molecule has 2 rings (SSSR count). The minimum Gasteiger partial charge on any atom is -0.349 e. The van der Waals surface area contributed by atoms with Crippen LogP contribution in [0.2, 0.25) is 0 Å². The highest BCUT2D eigenvalue weighted by molar-refractivity contribution is 5.79. The van der Waals surface area contributed by atoms with Gasteiger partial charge in [0, 0.05) is 18.8 Å². The maximum absolute atomic E-state index is 12.0. The third-order valence-corrected chi connectivity index (χ3v) is 3.10. The van der Waals surface area contributed by atoms with Gasteiger partial charge in [0.25, 0.3) is 0 Å². The largest absolute Gasteiger partial charge is 0.349 e. The first-order valence-electron chi connectivity index (χ1n) is 6.39. The fraction of sp³-hybridized carbons (Fsp3) is 0.333. The Morgan fingerprint density at radius 1 is 1.37 bits per heavy atom. The van der Waals surface area contributed by atoms with E-state index in [1.54, 1.807) is 4.68 Å². The molecule has 0 aliphatic heterocycles. The molecular weight excluding hydrogens is 238 g/mol. The first kappa shape index (κ1) is 13.3. The first-order chi connectivity index (χ1) is 9.06. The normalized spacial score (nSPS) is 12.2. The SMILES string of the molecule is Cc1nn(C)cc1C(C)NC(=O)Cc1ccccc1. The van der Waals surface area contributed by atoms with Gasteiger partial charge in [-0.3, -0.25) is 9.48 Å². The molecule has 0 radical (unpaired) electrons. The van der Waals surface area contributed by atoms with Crippen LogP contribution in [0.15, 0.2) is 36.5 Å². The van der Waals surface area contributed by atoms with Crippen LogP contribution in [0.3, 0.4) is 0 Å². The van der Waals surface area contributed by atoms with E-state index in [1.807, 2.05) is 57.4 Å². The van der Waals surface area contributed by atoms with Gasteiger partial charge in [0.05, 0.1) is 18.2 Å². The van der Waals surface area contributed by atoms with Gasteiger partial charge in [0.15, 0.2) is 0 Å². The summed E-state index contributed by atoms with van der Waals surface area (Å²) in [6, 6.07) is 9.72. The zero-order valence-corrected chi connectivity index (χ0v) is 11.6. The molecule has 0 aliphatic rings. The molecule has 1 heterocycles. The molecule has 19 heavy (non-hydrogen) atoms. The van der Waals surface area contributed by atoms with Gasteiger partial charge < -0.3 is 5.32 Å². The van der Waals surface area contributed by atoms with Gasteiger partial charge in [-0.15, -0.1) is 0 Å². The molecule has 1 N–H and O–H groups in total. The van der Waals surface area contributed by atoms with Crippen LogP contribution in [0.25, 0.3) is 0 Å². The van der Waals surface area contributed by atoms with Crippen molar-refractivity contribution in [2.45, 2.75) is 26.3 Å². The van der Waals surface area contributed by atoms with Gasteiger partial charge in [0.2, 0.25) is 5.91 Å². The lowest BCUT2D eigenvalue weighted by Crippen LogP contribution is -2.28. The van der Waals surface area contributed by atoms with Gasteiger partial charge in [-0.25, -0.2) is 0 Å². The van der Waals surface area contributed by atoms with E-state index in [-0.39, 0.29) is 11.9 Å². The number of hydrogen-bond donors (Lipinski definition) is 1. The van der Waals surface area contributed by atoms with Crippen LogP contribution in [0, 0.1) is 6.92 Å². The molecule has 1 aromatic heterocycles. The summed E-state index contributed by atoms with van der Waals surface area (Å²) in [5, 5.41) is 7.30. The highest BCUT2D eigenvalue weighted by atomic mass is 16.1. The number of carbonyl (C=O) groups excluding carboxylic acids is 1. The molecule has 1 aromatic carbocycles. The van der Waals surface area contributed by atoms with E-state index in [1.165, 1.54) is 0 Å². The Morgan fingerprint density at radius 2 is 2.05 bits per heavy atom. The summed E-state index contributed by atoms with van der Waals surface area (Å²) in [5.41, 5.74) is 3.04. The van der Waals surface area contributed by atoms with E-state index >= 15 is 0 Å². The molecule has 2 aromatic rings. The highest BCUT2D eigenvalue weighted by Crippen LogP contribution is 2.15. The van der Waals surface area contributed by atoms with Crippen LogP contribution in [-0.2, 0) is 18.3 Å². The summed E-state index contributed by atoms with van der Waals surface area (Å²) in [5.74, 6) is 0.0296. The standard InChI is InChI=1S/C15H19N3O/c1-11(14-10-18(3)17-12(14)2)16-15(19)9-13-7-5-4-6-8-13/h4-8,10-11H,9H2,1-3H3,(H,16,19). The zero-order chi connectivity index (χ0) is 13.8. The molecule has 1 amide bonds. The smallest absolute Gasteiger partial charge is 0.224 e. The summed E-state index contributed by atoms with van der Waals surface area (Å²) in [7, 11) is 1.88. The van der Waals surface area contributed by atoms with Gasteiger partial charge in [0.1, 0.15) is 0 Å². The Morgan fingerprint density at radius 3 is 2.63 bits per heavy atom. The molecule has 0 fully saturated rings. The second kappa shape index (κ2) is 5.69. The average molecular weight is 257 g/mol. The van der Waals surface area contributed by atoms with Crippen LogP contribution in [0.4, 0.5) is 0 Å². The maximum atomic E-state index is 12.0. The van der Waals surface area contributed by atoms with E-state index in [0.717, 1.165) is 16.8 Å². The minimum atomic E-state index is -0.0232. The van der Waals surface area contributed by atoms with Crippen molar-refractivity contribution >= 4 is 5.91 Å². The average Bonchev–Trinajstić information content (AvgIpc) is 2.69. The zero-order valence-electron chi connectivity index (χ0n) is 11.6. The summed E-state index contributed by atoms with van der Waals surface area (Å²) in [6.45, 7) is 3.93. The van der Waals surface area contributed by atoms with Crippen molar-refractivity contribution < 1.29 is 4.79 Å². The molecule has 100 valence electrons. The fourth-order valence-corrected chi connectivity index (χ4v) is 2.19. The van der Waals surface area contributed by atoms with Gasteiger partial charge in [-0.2, -0.15) is 5.10 Å². The molecule has 1 atom stereocenters. The van der Waals surface area contributed by atoms with E-state index in [2.05, 4.69) is 10.4 Å². The molecular formula is C15H19N3O. The van der Waals surface area contributed by atoms with Crippen molar-refractivity contribution in [1.29, 1.82) is 0 Å². The molecule has 0 saturated carbocycles. The number of rotatable bonds is 4. The fourth-order valence-electron chi connectivity index (χ4n) is 2.19. The Bertz CT molecular complexity index is 560. The van der Waals surface area contributed by atoms with Crippen molar-refractivity contribution in [3.63, 3.8) is 0 Å². The number of aryl methyl sites for hydroxylation is 2. The van der Waals surface area contributed by atoms with Gasteiger partial charge in [-0.1, -0.05) is 30.3 Å². The van der Waals surface area contributed by atoms with Gasteiger partial charge >= 0.3 is 0 Å². The van der Waals surface area contributed by atoms with E-state index < -0.39 is 0 Å². The number of nitrogens with zero attached hydrogens (tertiary/aromatic N) is 2. The monoisotopic (exact) mass is 257 g/mol. The lowest BCUT2D eigenvalue weighted by Gasteiger charge is -2.13. The predicted molar refractivity (Wildman–Crippen MR) is 74.6 cm³/mol. The van der Waals surface area contributed by atoms with Gasteiger partial charge in [-0.05, 0) is 19.4 Å². The molecule has 0 saturated heterocycles. The molecule has 4 heteroatoms. The Labute approximate surface area is 113 Å². The second-order valence-corrected chi connectivity index (χ2v) is 4.80. The van der Waals surface area contributed by atoms with E-state index in [4.69, 9.17) is 0 Å². The lowest BCUT2D eigenvalue weighted by molar-refractivity contribution is -0.121. The van der Waals surface area contributed by atoms with E-state index in [9.17, 15) is 4.79 Å². The molecule has 0 aliphatic carbocycles. The molecule has 0 bridgehead atoms. The Balaban J connectivity index is 1.97. The molecule has 1 unspecified atom stereocenters. The summed E-state index contributed by atoms with van der Waals surface area (Å²) < 4.78 is 1.77. The van der Waals surface area contributed by atoms with Crippen LogP contribution in [0.1, 0.15) is 29.8 Å². The quantitative estimate of drug-likeness (QED) is 0.912. The second-order valence-electron chi connectivity index (χ2n) is 4.80. The number of hydrogen-bond acceptors (Lipinski definition) is 2. The third kappa shape index (κ3) is 3.44. The van der Waals surface area contributed by atoms with Crippen LogP contribution in [0.5, 0.6) is 0 Å². The van der Waals surface area contributed by atoms with E-state index in [0.29, 0.717) is 6.42 Å². The predicted octanol–water partition coefficient (Wildman–Crippen LogP) is 2.15. The summed E-state index contributed by atoms with van der Waals surface area (Å²) >= 11 is 0. The van der Waals surface area contributed by atoms with Crippen molar-refractivity contribution in [3.05, 3.63) is 53.3 Å². The van der Waals surface area contributed by atoms with Crippen molar-refractivity contribution in [3.8, 4) is 0 Å².